The molecular formula is C13H13OPS. The maximum Gasteiger partial charge on any atom is 0.0794 e. The van der Waals surface area contributed by atoms with E-state index in [0.717, 1.165) is 10.6 Å². The summed E-state index contributed by atoms with van der Waals surface area (Å²) in [5, 5.41) is 11.8. The summed E-state index contributed by atoms with van der Waals surface area (Å²) < 4.78 is 0. The molecule has 2 rings (SSSR count). The van der Waals surface area contributed by atoms with E-state index in [1.54, 1.807) is 0 Å². The van der Waals surface area contributed by atoms with E-state index in [9.17, 15) is 5.11 Å². The molecule has 0 saturated carbocycles. The lowest BCUT2D eigenvalue weighted by Crippen LogP contribution is -2.17. The zero-order valence-corrected chi connectivity index (χ0v) is 10.5. The molecule has 0 saturated heterocycles. The highest BCUT2D eigenvalue weighted by Crippen LogP contribution is 2.42. The number of aliphatic hydroxyl groups is 1. The second-order valence-electron chi connectivity index (χ2n) is 3.55. The van der Waals surface area contributed by atoms with E-state index in [1.165, 1.54) is 0 Å². The summed E-state index contributed by atoms with van der Waals surface area (Å²) in [7, 11) is 0. The van der Waals surface area contributed by atoms with Crippen molar-refractivity contribution in [2.24, 2.45) is 0 Å². The number of aliphatic hydroxyl groups excluding tert-OH is 1. The van der Waals surface area contributed by atoms with E-state index in [1.807, 2.05) is 60.7 Å². The molecule has 0 bridgehead atoms. The Morgan fingerprint density at radius 2 is 1.19 bits per heavy atom. The Bertz CT molecular complexity index is 452. The zero-order valence-electron chi connectivity index (χ0n) is 8.78. The van der Waals surface area contributed by atoms with Crippen molar-refractivity contribution >= 4 is 28.5 Å². The topological polar surface area (TPSA) is 20.2 Å². The van der Waals surface area contributed by atoms with Gasteiger partial charge < -0.3 is 5.11 Å². The van der Waals surface area contributed by atoms with Crippen LogP contribution in [0.4, 0.5) is 0 Å². The molecule has 0 aromatic heterocycles. The van der Waals surface area contributed by atoms with Crippen LogP contribution in [0, 0.1) is 0 Å². The molecule has 0 aliphatic carbocycles. The van der Waals surface area contributed by atoms with Crippen LogP contribution in [0.25, 0.3) is 0 Å². The van der Waals surface area contributed by atoms with Crippen molar-refractivity contribution in [2.75, 3.05) is 6.35 Å². The minimum absolute atomic E-state index is 0.0381. The van der Waals surface area contributed by atoms with Gasteiger partial charge in [0, 0.05) is 6.04 Å². The first kappa shape index (κ1) is 11.5. The van der Waals surface area contributed by atoms with Crippen LogP contribution in [0.3, 0.4) is 0 Å². The van der Waals surface area contributed by atoms with Crippen molar-refractivity contribution in [3.8, 4) is 0 Å². The van der Waals surface area contributed by atoms with Gasteiger partial charge in [-0.05, 0) is 10.6 Å². The Morgan fingerprint density at radius 3 is 1.50 bits per heavy atom. The highest BCUT2D eigenvalue weighted by atomic mass is 32.4. The van der Waals surface area contributed by atoms with Crippen molar-refractivity contribution < 1.29 is 5.11 Å². The minimum Gasteiger partial charge on any atom is -0.390 e. The summed E-state index contributed by atoms with van der Waals surface area (Å²) >= 11 is 5.70. The summed E-state index contributed by atoms with van der Waals surface area (Å²) in [4.78, 5) is 0. The van der Waals surface area contributed by atoms with Gasteiger partial charge in [-0.3, -0.25) is 0 Å². The predicted molar refractivity (Wildman–Crippen MR) is 73.5 cm³/mol. The fourth-order valence-corrected chi connectivity index (χ4v) is 4.31. The van der Waals surface area contributed by atoms with E-state index >= 15 is 0 Å². The third kappa shape index (κ3) is 2.10. The largest absolute Gasteiger partial charge is 0.390 e. The number of hydrogen-bond donors (Lipinski definition) is 1. The summed E-state index contributed by atoms with van der Waals surface area (Å²) in [5.41, 5.74) is 0. The summed E-state index contributed by atoms with van der Waals surface area (Å²) in [6.07, 6.45) is 0.0381. The van der Waals surface area contributed by atoms with Crippen LogP contribution in [-0.2, 0) is 11.8 Å². The van der Waals surface area contributed by atoms with Gasteiger partial charge in [0.25, 0.3) is 0 Å². The van der Waals surface area contributed by atoms with Crippen molar-refractivity contribution in [3.63, 3.8) is 0 Å². The summed E-state index contributed by atoms with van der Waals surface area (Å²) in [6, 6.07) is 17.8. The second kappa shape index (κ2) is 4.92. The first-order valence-electron chi connectivity index (χ1n) is 5.08. The van der Waals surface area contributed by atoms with Crippen molar-refractivity contribution in [1.29, 1.82) is 0 Å². The first-order chi connectivity index (χ1) is 7.77. The van der Waals surface area contributed by atoms with Crippen molar-refractivity contribution in [3.05, 3.63) is 60.7 Å². The van der Waals surface area contributed by atoms with Gasteiger partial charge >= 0.3 is 0 Å². The molecular weight excluding hydrogens is 235 g/mol. The lowest BCUT2D eigenvalue weighted by Gasteiger charge is -2.20. The van der Waals surface area contributed by atoms with E-state index < -0.39 is 6.04 Å². The minimum atomic E-state index is -2.02. The molecule has 82 valence electrons. The standard InChI is InChI=1S/C13H13OPS/c14-11-15(16,12-7-3-1-4-8-12)13-9-5-2-6-10-13/h1-10,14H,11H2. The molecule has 0 heterocycles. The van der Waals surface area contributed by atoms with Gasteiger partial charge in [0.2, 0.25) is 0 Å². The van der Waals surface area contributed by atoms with Gasteiger partial charge in [-0.25, -0.2) is 0 Å². The molecule has 0 aliphatic rings. The quantitative estimate of drug-likeness (QED) is 0.839. The number of rotatable bonds is 3. The van der Waals surface area contributed by atoms with Crippen LogP contribution in [0.1, 0.15) is 0 Å². The van der Waals surface area contributed by atoms with E-state index in [4.69, 9.17) is 11.8 Å². The average Bonchev–Trinajstić information content (AvgIpc) is 2.40. The third-order valence-electron chi connectivity index (χ3n) is 2.55. The molecule has 2 aromatic rings. The van der Waals surface area contributed by atoms with Crippen LogP contribution >= 0.6 is 6.04 Å². The predicted octanol–water partition coefficient (Wildman–Crippen LogP) is 2.07. The second-order valence-corrected chi connectivity index (χ2v) is 8.22. The lowest BCUT2D eigenvalue weighted by molar-refractivity contribution is 0.372. The number of hydrogen-bond acceptors (Lipinski definition) is 2. The van der Waals surface area contributed by atoms with Crippen molar-refractivity contribution in [2.45, 2.75) is 0 Å². The van der Waals surface area contributed by atoms with Gasteiger partial charge in [0.1, 0.15) is 0 Å². The Hall–Kier alpha value is -0.950. The van der Waals surface area contributed by atoms with Gasteiger partial charge in [0.05, 0.1) is 6.35 Å². The molecule has 3 heteroatoms. The fraction of sp³-hybridized carbons (Fsp3) is 0.0769. The maximum absolute atomic E-state index is 9.64. The van der Waals surface area contributed by atoms with Gasteiger partial charge in [-0.2, -0.15) is 0 Å². The Labute approximate surface area is 101 Å². The maximum atomic E-state index is 9.64. The molecule has 16 heavy (non-hydrogen) atoms. The van der Waals surface area contributed by atoms with E-state index in [2.05, 4.69) is 0 Å². The van der Waals surface area contributed by atoms with Crippen molar-refractivity contribution in [1.82, 2.24) is 0 Å². The fourth-order valence-electron chi connectivity index (χ4n) is 1.65. The summed E-state index contributed by atoms with van der Waals surface area (Å²) in [5.74, 6) is 0. The highest BCUT2D eigenvalue weighted by Gasteiger charge is 2.20. The van der Waals surface area contributed by atoms with E-state index in [0.29, 0.717) is 0 Å². The Morgan fingerprint density at radius 1 is 0.812 bits per heavy atom. The molecule has 0 amide bonds. The average molecular weight is 248 g/mol. The smallest absolute Gasteiger partial charge is 0.0794 e. The molecule has 0 aliphatic heterocycles. The normalized spacial score (nSPS) is 11.3. The first-order valence-corrected chi connectivity index (χ1v) is 8.07. The molecule has 0 radical (unpaired) electrons. The SMILES string of the molecule is OCP(=S)(c1ccccc1)c1ccccc1. The molecule has 0 spiro atoms. The molecule has 2 aromatic carbocycles. The molecule has 0 fully saturated rings. The molecule has 0 unspecified atom stereocenters. The van der Waals surface area contributed by atoms with Gasteiger partial charge in [-0.15, -0.1) is 0 Å². The number of benzene rings is 2. The molecule has 0 atom stereocenters. The van der Waals surface area contributed by atoms with Crippen LogP contribution in [0.15, 0.2) is 60.7 Å². The van der Waals surface area contributed by atoms with Gasteiger partial charge in [0.15, 0.2) is 0 Å². The zero-order chi connectivity index (χ0) is 11.4. The Balaban J connectivity index is 2.54. The van der Waals surface area contributed by atoms with Gasteiger partial charge in [-0.1, -0.05) is 72.5 Å². The van der Waals surface area contributed by atoms with Crippen LogP contribution in [-0.4, -0.2) is 11.5 Å². The molecule has 1 N–H and O–H groups in total. The summed E-state index contributed by atoms with van der Waals surface area (Å²) in [6.45, 7) is 0. The monoisotopic (exact) mass is 248 g/mol. The lowest BCUT2D eigenvalue weighted by atomic mass is 10.4. The Kier molecular flexibility index (Phi) is 3.55. The molecule has 1 nitrogen and oxygen atoms in total. The van der Waals surface area contributed by atoms with Crippen LogP contribution in [0.5, 0.6) is 0 Å². The third-order valence-corrected chi connectivity index (χ3v) is 6.82. The highest BCUT2D eigenvalue weighted by molar-refractivity contribution is 8.21. The van der Waals surface area contributed by atoms with Crippen LogP contribution in [0.2, 0.25) is 0 Å². The van der Waals surface area contributed by atoms with E-state index in [-0.39, 0.29) is 6.35 Å². The van der Waals surface area contributed by atoms with Crippen LogP contribution < -0.4 is 10.6 Å².